The average molecular weight is 331 g/mol. The minimum absolute atomic E-state index is 0.0586. The van der Waals surface area contributed by atoms with E-state index in [0.29, 0.717) is 17.9 Å². The van der Waals surface area contributed by atoms with Crippen LogP contribution in [0.1, 0.15) is 56.4 Å². The molecule has 1 heterocycles. The van der Waals surface area contributed by atoms with Gasteiger partial charge in [0.1, 0.15) is 5.82 Å². The Morgan fingerprint density at radius 2 is 1.83 bits per heavy atom. The molecule has 0 atom stereocenters. The zero-order chi connectivity index (χ0) is 17.9. The van der Waals surface area contributed by atoms with E-state index in [2.05, 4.69) is 24.3 Å². The molecule has 1 aromatic heterocycles. The summed E-state index contributed by atoms with van der Waals surface area (Å²) in [5, 5.41) is 7.65. The van der Waals surface area contributed by atoms with E-state index in [1.54, 1.807) is 16.8 Å². The second-order valence-electron chi connectivity index (χ2n) is 6.74. The minimum atomic E-state index is -0.288. The second kappa shape index (κ2) is 7.60. The quantitative estimate of drug-likeness (QED) is 0.872. The molecule has 0 saturated heterocycles. The van der Waals surface area contributed by atoms with Crippen LogP contribution in [-0.4, -0.2) is 21.7 Å². The lowest BCUT2D eigenvalue weighted by molar-refractivity contribution is 0.0941. The number of benzene rings is 1. The van der Waals surface area contributed by atoms with Crippen molar-refractivity contribution in [1.29, 1.82) is 0 Å². The molecule has 0 aliphatic carbocycles. The van der Waals surface area contributed by atoms with Gasteiger partial charge in [-0.2, -0.15) is 5.10 Å². The van der Waals surface area contributed by atoms with Gasteiger partial charge in [-0.15, -0.1) is 0 Å². The fourth-order valence-electron chi connectivity index (χ4n) is 2.75. The Morgan fingerprint density at radius 1 is 1.21 bits per heavy atom. The third-order valence-corrected chi connectivity index (χ3v) is 3.71. The lowest BCUT2D eigenvalue weighted by Crippen LogP contribution is -2.31. The topological polar surface area (TPSA) is 46.9 Å². The molecule has 2 aromatic rings. The summed E-state index contributed by atoms with van der Waals surface area (Å²) < 4.78 is 15.0. The Labute approximate surface area is 143 Å². The Morgan fingerprint density at radius 3 is 2.33 bits per heavy atom. The van der Waals surface area contributed by atoms with Gasteiger partial charge in [-0.25, -0.2) is 9.07 Å². The number of amides is 1. The molecule has 0 unspecified atom stereocenters. The van der Waals surface area contributed by atoms with Crippen LogP contribution in [0.2, 0.25) is 0 Å². The summed E-state index contributed by atoms with van der Waals surface area (Å²) in [4.78, 5) is 12.7. The highest BCUT2D eigenvalue weighted by Gasteiger charge is 2.24. The smallest absolute Gasteiger partial charge is 0.255 e. The van der Waals surface area contributed by atoms with Crippen molar-refractivity contribution >= 4 is 5.91 Å². The first-order valence-electron chi connectivity index (χ1n) is 8.51. The second-order valence-corrected chi connectivity index (χ2v) is 6.74. The number of carbonyl (C=O) groups excluding carboxylic acids is 1. The summed E-state index contributed by atoms with van der Waals surface area (Å²) >= 11 is 0. The van der Waals surface area contributed by atoms with Crippen molar-refractivity contribution in [1.82, 2.24) is 15.1 Å². The Hall–Kier alpha value is -2.17. The maximum Gasteiger partial charge on any atom is 0.255 e. The molecule has 0 aliphatic heterocycles. The van der Waals surface area contributed by atoms with Gasteiger partial charge in [-0.1, -0.05) is 20.8 Å². The molecule has 0 saturated carbocycles. The third-order valence-electron chi connectivity index (χ3n) is 3.71. The fourth-order valence-corrected chi connectivity index (χ4v) is 2.75. The number of aromatic nitrogens is 2. The van der Waals surface area contributed by atoms with Gasteiger partial charge >= 0.3 is 0 Å². The maximum absolute atomic E-state index is 13.2. The molecule has 0 spiro atoms. The summed E-state index contributed by atoms with van der Waals surface area (Å²) in [6.07, 6.45) is 1.39. The van der Waals surface area contributed by atoms with Gasteiger partial charge in [-0.05, 0) is 56.9 Å². The number of nitrogens with zero attached hydrogens (tertiary/aromatic N) is 2. The summed E-state index contributed by atoms with van der Waals surface area (Å²) in [6, 6.07) is 6.25. The van der Waals surface area contributed by atoms with Gasteiger partial charge in [0.05, 0.1) is 22.6 Å². The van der Waals surface area contributed by atoms with E-state index < -0.39 is 0 Å². The van der Waals surface area contributed by atoms with Crippen molar-refractivity contribution in [3.05, 3.63) is 47.0 Å². The van der Waals surface area contributed by atoms with Crippen molar-refractivity contribution < 1.29 is 9.18 Å². The number of nitrogens with one attached hydrogen (secondary N) is 1. The number of rotatable bonds is 6. The minimum Gasteiger partial charge on any atom is -0.350 e. The van der Waals surface area contributed by atoms with Crippen LogP contribution in [0.25, 0.3) is 5.69 Å². The van der Waals surface area contributed by atoms with E-state index in [1.807, 2.05) is 20.8 Å². The number of hydrogen-bond acceptors (Lipinski definition) is 2. The molecule has 2 rings (SSSR count). The van der Waals surface area contributed by atoms with E-state index in [1.165, 1.54) is 12.1 Å². The summed E-state index contributed by atoms with van der Waals surface area (Å²) in [5.74, 6) is 0.00636. The molecule has 0 fully saturated rings. The van der Waals surface area contributed by atoms with Crippen molar-refractivity contribution in [2.45, 2.75) is 53.5 Å². The molecule has 0 aliphatic rings. The molecule has 0 bridgehead atoms. The monoisotopic (exact) mass is 331 g/mol. The molecule has 1 aromatic carbocycles. The van der Waals surface area contributed by atoms with Gasteiger partial charge < -0.3 is 5.32 Å². The summed E-state index contributed by atoms with van der Waals surface area (Å²) in [6.45, 7) is 10.1. The lowest BCUT2D eigenvalue weighted by Gasteiger charge is -2.11. The summed E-state index contributed by atoms with van der Waals surface area (Å²) in [7, 11) is 0. The van der Waals surface area contributed by atoms with Gasteiger partial charge in [0, 0.05) is 6.04 Å². The molecule has 130 valence electrons. The van der Waals surface area contributed by atoms with Gasteiger partial charge in [-0.3, -0.25) is 4.79 Å². The van der Waals surface area contributed by atoms with E-state index in [0.717, 1.165) is 23.5 Å². The lowest BCUT2D eigenvalue weighted by atomic mass is 10.0. The van der Waals surface area contributed by atoms with E-state index in [-0.39, 0.29) is 17.8 Å². The van der Waals surface area contributed by atoms with Crippen molar-refractivity contribution in [3.63, 3.8) is 0 Å². The Kier molecular flexibility index (Phi) is 5.75. The van der Waals surface area contributed by atoms with E-state index in [4.69, 9.17) is 0 Å². The van der Waals surface area contributed by atoms with Gasteiger partial charge in [0.2, 0.25) is 0 Å². The molecule has 1 N–H and O–H groups in total. The largest absolute Gasteiger partial charge is 0.350 e. The van der Waals surface area contributed by atoms with Crippen molar-refractivity contribution in [2.75, 3.05) is 0 Å². The first kappa shape index (κ1) is 18.2. The Balaban J connectivity index is 2.57. The van der Waals surface area contributed by atoms with Crippen LogP contribution in [0.3, 0.4) is 0 Å². The fraction of sp³-hybridized carbons (Fsp3) is 0.474. The first-order chi connectivity index (χ1) is 11.3. The SMILES string of the molecule is CCc1c(C(=O)NC(C)C)c(CC(C)C)nn1-c1ccc(F)cc1. The molecule has 5 heteroatoms. The van der Waals surface area contributed by atoms with Crippen LogP contribution in [-0.2, 0) is 12.8 Å². The van der Waals surface area contributed by atoms with Crippen molar-refractivity contribution in [2.24, 2.45) is 5.92 Å². The molecule has 1 amide bonds. The predicted molar refractivity (Wildman–Crippen MR) is 94.0 cm³/mol. The molecule has 4 nitrogen and oxygen atoms in total. The molecule has 24 heavy (non-hydrogen) atoms. The molecule has 0 radical (unpaired) electrons. The van der Waals surface area contributed by atoms with Crippen LogP contribution < -0.4 is 5.32 Å². The highest BCUT2D eigenvalue weighted by molar-refractivity contribution is 5.96. The first-order valence-corrected chi connectivity index (χ1v) is 8.51. The number of halogens is 1. The van der Waals surface area contributed by atoms with Crippen LogP contribution in [0.5, 0.6) is 0 Å². The zero-order valence-corrected chi connectivity index (χ0v) is 15.1. The molecular weight excluding hydrogens is 305 g/mol. The number of hydrogen-bond donors (Lipinski definition) is 1. The highest BCUT2D eigenvalue weighted by atomic mass is 19.1. The third kappa shape index (κ3) is 4.02. The Bertz CT molecular complexity index is 702. The highest BCUT2D eigenvalue weighted by Crippen LogP contribution is 2.22. The number of carbonyl (C=O) groups is 1. The predicted octanol–water partition coefficient (Wildman–Crippen LogP) is 3.91. The zero-order valence-electron chi connectivity index (χ0n) is 15.1. The van der Waals surface area contributed by atoms with Crippen LogP contribution in [0.15, 0.2) is 24.3 Å². The van der Waals surface area contributed by atoms with E-state index in [9.17, 15) is 9.18 Å². The van der Waals surface area contributed by atoms with Crippen molar-refractivity contribution in [3.8, 4) is 5.69 Å². The van der Waals surface area contributed by atoms with Crippen LogP contribution >= 0.6 is 0 Å². The summed E-state index contributed by atoms with van der Waals surface area (Å²) in [5.41, 5.74) is 3.07. The standard InChI is InChI=1S/C19H26FN3O/c1-6-17-18(19(24)21-13(4)5)16(11-12(2)3)22-23(17)15-9-7-14(20)8-10-15/h7-10,12-13H,6,11H2,1-5H3,(H,21,24). The van der Waals surface area contributed by atoms with Crippen LogP contribution in [0, 0.1) is 11.7 Å². The van der Waals surface area contributed by atoms with Gasteiger partial charge in [0.15, 0.2) is 0 Å². The maximum atomic E-state index is 13.2. The van der Waals surface area contributed by atoms with Crippen LogP contribution in [0.4, 0.5) is 4.39 Å². The van der Waals surface area contributed by atoms with E-state index >= 15 is 0 Å². The normalized spacial score (nSPS) is 11.3. The average Bonchev–Trinajstić information content (AvgIpc) is 2.84. The molecular formula is C19H26FN3O. The van der Waals surface area contributed by atoms with Gasteiger partial charge in [0.25, 0.3) is 5.91 Å².